The molecule has 1 aliphatic rings. The van der Waals surface area contributed by atoms with Gasteiger partial charge in [0.15, 0.2) is 5.78 Å². The fourth-order valence-electron chi connectivity index (χ4n) is 2.98. The van der Waals surface area contributed by atoms with E-state index >= 15 is 0 Å². The zero-order valence-electron chi connectivity index (χ0n) is 11.5. The topological polar surface area (TPSA) is 17.1 Å². The summed E-state index contributed by atoms with van der Waals surface area (Å²) in [6.45, 7) is 2.02. The second-order valence-electron chi connectivity index (χ2n) is 5.51. The van der Waals surface area contributed by atoms with Crippen LogP contribution in [0.4, 0.5) is 0 Å². The van der Waals surface area contributed by atoms with Gasteiger partial charge in [-0.15, -0.1) is 0 Å². The van der Waals surface area contributed by atoms with Crippen molar-refractivity contribution >= 4 is 21.7 Å². The molecular weight excluding hydrogens is 312 g/mol. The highest BCUT2D eigenvalue weighted by Gasteiger charge is 2.26. The lowest BCUT2D eigenvalue weighted by atomic mass is 9.80. The quantitative estimate of drug-likeness (QED) is 0.727. The molecule has 0 heterocycles. The van der Waals surface area contributed by atoms with Crippen molar-refractivity contribution in [2.75, 3.05) is 0 Å². The molecule has 0 saturated carbocycles. The minimum Gasteiger partial charge on any atom is -0.294 e. The zero-order chi connectivity index (χ0) is 14.1. The van der Waals surface area contributed by atoms with E-state index in [4.69, 9.17) is 0 Å². The molecule has 1 atom stereocenters. The monoisotopic (exact) mass is 328 g/mol. The van der Waals surface area contributed by atoms with E-state index in [0.717, 1.165) is 34.9 Å². The molecule has 3 rings (SSSR count). The van der Waals surface area contributed by atoms with Crippen LogP contribution < -0.4 is 0 Å². The molecule has 0 spiro atoms. The second-order valence-corrected chi connectivity index (χ2v) is 6.30. The predicted molar refractivity (Wildman–Crippen MR) is 85.2 cm³/mol. The molecule has 0 radical (unpaired) electrons. The van der Waals surface area contributed by atoms with E-state index in [1.807, 2.05) is 25.1 Å². The van der Waals surface area contributed by atoms with E-state index in [0.29, 0.717) is 0 Å². The second kappa shape index (κ2) is 5.53. The zero-order valence-corrected chi connectivity index (χ0v) is 13.1. The minimum atomic E-state index is 0.114. The van der Waals surface area contributed by atoms with E-state index in [1.165, 1.54) is 11.1 Å². The van der Waals surface area contributed by atoms with Gasteiger partial charge in [0.1, 0.15) is 0 Å². The number of hydrogen-bond donors (Lipinski definition) is 0. The van der Waals surface area contributed by atoms with Crippen molar-refractivity contribution < 1.29 is 4.79 Å². The number of ketones is 1. The molecule has 2 aromatic rings. The Kier molecular flexibility index (Phi) is 3.75. The van der Waals surface area contributed by atoms with E-state index < -0.39 is 0 Å². The molecule has 0 aromatic heterocycles. The minimum absolute atomic E-state index is 0.114. The predicted octanol–water partition coefficient (Wildman–Crippen LogP) is 4.75. The van der Waals surface area contributed by atoms with Crippen LogP contribution in [-0.2, 0) is 12.8 Å². The average Bonchev–Trinajstić information content (AvgIpc) is 2.49. The third kappa shape index (κ3) is 2.45. The number of aryl methyl sites for hydroxylation is 2. The smallest absolute Gasteiger partial charge is 0.167 e. The van der Waals surface area contributed by atoms with Crippen molar-refractivity contribution in [3.63, 3.8) is 0 Å². The molecule has 1 aliphatic carbocycles. The van der Waals surface area contributed by atoms with Gasteiger partial charge >= 0.3 is 0 Å². The Bertz CT molecular complexity index is 660. The van der Waals surface area contributed by atoms with Gasteiger partial charge in [-0.1, -0.05) is 42.5 Å². The van der Waals surface area contributed by atoms with Gasteiger partial charge in [-0.25, -0.2) is 0 Å². The summed E-state index contributed by atoms with van der Waals surface area (Å²) in [7, 11) is 0. The molecule has 2 aromatic carbocycles. The van der Waals surface area contributed by atoms with Gasteiger partial charge in [0.25, 0.3) is 0 Å². The van der Waals surface area contributed by atoms with Gasteiger partial charge in [-0.05, 0) is 58.8 Å². The van der Waals surface area contributed by atoms with Crippen molar-refractivity contribution in [2.45, 2.75) is 26.2 Å². The van der Waals surface area contributed by atoms with Crippen LogP contribution in [0.5, 0.6) is 0 Å². The summed E-state index contributed by atoms with van der Waals surface area (Å²) in [5, 5.41) is 0. The average molecular weight is 329 g/mol. The highest BCUT2D eigenvalue weighted by atomic mass is 79.9. The van der Waals surface area contributed by atoms with Gasteiger partial charge in [-0.2, -0.15) is 0 Å². The summed E-state index contributed by atoms with van der Waals surface area (Å²) in [6, 6.07) is 14.4. The first-order valence-corrected chi connectivity index (χ1v) is 7.82. The van der Waals surface area contributed by atoms with Gasteiger partial charge in [0.05, 0.1) is 0 Å². The Morgan fingerprint density at radius 2 is 1.85 bits per heavy atom. The molecule has 20 heavy (non-hydrogen) atoms. The van der Waals surface area contributed by atoms with Gasteiger partial charge in [-0.3, -0.25) is 4.79 Å². The first kappa shape index (κ1) is 13.6. The molecule has 0 N–H and O–H groups in total. The maximum Gasteiger partial charge on any atom is 0.167 e. The third-order valence-corrected chi connectivity index (χ3v) is 5.23. The normalized spacial score (nSPS) is 17.6. The lowest BCUT2D eigenvalue weighted by Gasteiger charge is -2.24. The number of fused-ring (bicyclic) bond motifs is 1. The van der Waals surface area contributed by atoms with Crippen LogP contribution in [0, 0.1) is 12.8 Å². The van der Waals surface area contributed by atoms with Crippen LogP contribution >= 0.6 is 15.9 Å². The third-order valence-electron chi connectivity index (χ3n) is 4.17. The summed E-state index contributed by atoms with van der Waals surface area (Å²) in [5.41, 5.74) is 4.68. The molecule has 0 amide bonds. The van der Waals surface area contributed by atoms with E-state index in [2.05, 4.69) is 40.2 Å². The molecule has 1 unspecified atom stereocenters. The van der Waals surface area contributed by atoms with Crippen molar-refractivity contribution in [1.29, 1.82) is 0 Å². The van der Waals surface area contributed by atoms with E-state index in [-0.39, 0.29) is 11.7 Å². The summed E-state index contributed by atoms with van der Waals surface area (Å²) in [5.74, 6) is 0.387. The van der Waals surface area contributed by atoms with E-state index in [9.17, 15) is 4.79 Å². The van der Waals surface area contributed by atoms with Crippen LogP contribution in [-0.4, -0.2) is 5.78 Å². The Labute approximate surface area is 128 Å². The van der Waals surface area contributed by atoms with Crippen LogP contribution in [0.25, 0.3) is 0 Å². The molecule has 0 aliphatic heterocycles. The van der Waals surface area contributed by atoms with Crippen LogP contribution in [0.2, 0.25) is 0 Å². The maximum atomic E-state index is 12.8. The number of hydrogen-bond acceptors (Lipinski definition) is 1. The van der Waals surface area contributed by atoms with Crippen molar-refractivity contribution in [3.8, 4) is 0 Å². The summed E-state index contributed by atoms with van der Waals surface area (Å²) in [6.07, 6.45) is 2.83. The fourth-order valence-corrected chi connectivity index (χ4v) is 3.44. The standard InChI is InChI=1S/C18H17BrO/c1-12-5-4-8-16(17(12)19)18(20)15-10-9-13-6-2-3-7-14(13)11-15/h2-8,15H,9-11H2,1H3. The highest BCUT2D eigenvalue weighted by Crippen LogP contribution is 2.30. The lowest BCUT2D eigenvalue weighted by Crippen LogP contribution is -2.23. The summed E-state index contributed by atoms with van der Waals surface area (Å²) in [4.78, 5) is 12.8. The number of benzene rings is 2. The molecular formula is C18H17BrO. The molecule has 0 saturated heterocycles. The Balaban J connectivity index is 1.88. The maximum absolute atomic E-state index is 12.8. The van der Waals surface area contributed by atoms with Crippen molar-refractivity contribution in [3.05, 3.63) is 69.2 Å². The largest absolute Gasteiger partial charge is 0.294 e. The molecule has 2 heteroatoms. The number of carbonyl (C=O) groups is 1. The van der Waals surface area contributed by atoms with Gasteiger partial charge in [0, 0.05) is 16.0 Å². The SMILES string of the molecule is Cc1cccc(C(=O)C2CCc3ccccc3C2)c1Br. The number of halogens is 1. The number of Topliss-reactive ketones (excluding diaryl/α,β-unsaturated/α-hetero) is 1. The molecule has 102 valence electrons. The van der Waals surface area contributed by atoms with Crippen molar-refractivity contribution in [1.82, 2.24) is 0 Å². The highest BCUT2D eigenvalue weighted by molar-refractivity contribution is 9.10. The Morgan fingerprint density at radius 1 is 1.10 bits per heavy atom. The van der Waals surface area contributed by atoms with Gasteiger partial charge in [0.2, 0.25) is 0 Å². The number of carbonyl (C=O) groups excluding carboxylic acids is 1. The van der Waals surface area contributed by atoms with Crippen LogP contribution in [0.15, 0.2) is 46.9 Å². The van der Waals surface area contributed by atoms with Gasteiger partial charge < -0.3 is 0 Å². The van der Waals surface area contributed by atoms with Crippen LogP contribution in [0.1, 0.15) is 33.5 Å². The summed E-state index contributed by atoms with van der Waals surface area (Å²) >= 11 is 3.56. The Morgan fingerprint density at radius 3 is 2.65 bits per heavy atom. The first-order chi connectivity index (χ1) is 9.66. The molecule has 0 bridgehead atoms. The van der Waals surface area contributed by atoms with Crippen molar-refractivity contribution in [2.24, 2.45) is 5.92 Å². The lowest BCUT2D eigenvalue weighted by molar-refractivity contribution is 0.0908. The Hall–Kier alpha value is -1.41. The first-order valence-electron chi connectivity index (χ1n) is 7.03. The van der Waals surface area contributed by atoms with Crippen LogP contribution in [0.3, 0.4) is 0 Å². The molecule has 0 fully saturated rings. The molecule has 1 nitrogen and oxygen atoms in total. The fraction of sp³-hybridized carbons (Fsp3) is 0.278. The van der Waals surface area contributed by atoms with E-state index in [1.54, 1.807) is 0 Å². The number of rotatable bonds is 2. The summed E-state index contributed by atoms with van der Waals surface area (Å²) < 4.78 is 0.948.